The van der Waals surface area contributed by atoms with Crippen molar-refractivity contribution in [2.45, 2.75) is 45.3 Å². The minimum atomic E-state index is -0.488. The maximum Gasteiger partial charge on any atom is 0.410 e. The minimum Gasteiger partial charge on any atom is -0.489 e. The summed E-state index contributed by atoms with van der Waals surface area (Å²) >= 11 is 0. The number of hydrogen-bond donors (Lipinski definition) is 0. The molecule has 0 unspecified atom stereocenters. The molecule has 1 amide bonds. The minimum absolute atomic E-state index is 0.0349. The Labute approximate surface area is 124 Å². The molecule has 5 nitrogen and oxygen atoms in total. The summed E-state index contributed by atoms with van der Waals surface area (Å²) in [6, 6.07) is 1.31. The molecule has 1 aromatic rings. The molecule has 0 atom stereocenters. The standard InChI is InChI=1S/C15H21FN2O3/c1-15(2,3)21-14(19)18-6-4-12(5-7-18)20-13-8-11(16)9-17-10-13/h8-10,12H,4-7H2,1-3H3. The van der Waals surface area contributed by atoms with Crippen LogP contribution in [0, 0.1) is 5.82 Å². The smallest absolute Gasteiger partial charge is 0.410 e. The normalized spacial score (nSPS) is 16.7. The van der Waals surface area contributed by atoms with Gasteiger partial charge in [-0.25, -0.2) is 9.18 Å². The second kappa shape index (κ2) is 6.28. The number of ether oxygens (including phenoxy) is 2. The van der Waals surface area contributed by atoms with Gasteiger partial charge in [0.25, 0.3) is 0 Å². The van der Waals surface area contributed by atoms with Gasteiger partial charge in [-0.05, 0) is 20.8 Å². The Morgan fingerprint density at radius 2 is 2.00 bits per heavy atom. The van der Waals surface area contributed by atoms with Crippen molar-refractivity contribution in [3.8, 4) is 5.75 Å². The van der Waals surface area contributed by atoms with Crippen LogP contribution in [0.2, 0.25) is 0 Å². The summed E-state index contributed by atoms with van der Waals surface area (Å²) in [4.78, 5) is 17.4. The fourth-order valence-corrected chi connectivity index (χ4v) is 2.13. The van der Waals surface area contributed by atoms with Gasteiger partial charge in [-0.1, -0.05) is 0 Å². The molecule has 0 spiro atoms. The van der Waals surface area contributed by atoms with Gasteiger partial charge in [0.15, 0.2) is 0 Å². The third kappa shape index (κ3) is 4.88. The second-order valence-corrected chi connectivity index (χ2v) is 6.12. The molecular formula is C15H21FN2O3. The zero-order valence-corrected chi connectivity index (χ0v) is 12.6. The van der Waals surface area contributed by atoms with Gasteiger partial charge in [0, 0.05) is 32.0 Å². The number of carbonyl (C=O) groups is 1. The molecule has 1 aliphatic heterocycles. The Morgan fingerprint density at radius 3 is 2.57 bits per heavy atom. The predicted octanol–water partition coefficient (Wildman–Crippen LogP) is 3.00. The fraction of sp³-hybridized carbons (Fsp3) is 0.600. The highest BCUT2D eigenvalue weighted by atomic mass is 19.1. The van der Waals surface area contributed by atoms with E-state index in [1.165, 1.54) is 12.3 Å². The van der Waals surface area contributed by atoms with Crippen LogP contribution in [0.5, 0.6) is 5.75 Å². The summed E-state index contributed by atoms with van der Waals surface area (Å²) in [5.41, 5.74) is -0.488. The highest BCUT2D eigenvalue weighted by Gasteiger charge is 2.27. The molecule has 2 heterocycles. The Balaban J connectivity index is 1.82. The van der Waals surface area contributed by atoms with Crippen LogP contribution in [0.4, 0.5) is 9.18 Å². The lowest BCUT2D eigenvalue weighted by molar-refractivity contribution is 0.0126. The Hall–Kier alpha value is -1.85. The molecule has 0 aromatic carbocycles. The van der Waals surface area contributed by atoms with Crippen LogP contribution < -0.4 is 4.74 Å². The predicted molar refractivity (Wildman–Crippen MR) is 75.7 cm³/mol. The van der Waals surface area contributed by atoms with Crippen LogP contribution >= 0.6 is 0 Å². The molecule has 1 aliphatic rings. The zero-order chi connectivity index (χ0) is 15.5. The summed E-state index contributed by atoms with van der Waals surface area (Å²) < 4.78 is 24.1. The van der Waals surface area contributed by atoms with Gasteiger partial charge >= 0.3 is 6.09 Å². The van der Waals surface area contributed by atoms with Gasteiger partial charge in [0.1, 0.15) is 23.3 Å². The second-order valence-electron chi connectivity index (χ2n) is 6.12. The fourth-order valence-electron chi connectivity index (χ4n) is 2.13. The molecule has 1 saturated heterocycles. The largest absolute Gasteiger partial charge is 0.489 e. The molecule has 2 rings (SSSR count). The first-order valence-electron chi connectivity index (χ1n) is 7.08. The molecule has 21 heavy (non-hydrogen) atoms. The maximum absolute atomic E-state index is 13.0. The number of halogens is 1. The topological polar surface area (TPSA) is 51.7 Å². The van der Waals surface area contributed by atoms with E-state index < -0.39 is 11.4 Å². The lowest BCUT2D eigenvalue weighted by Crippen LogP contribution is -2.44. The van der Waals surface area contributed by atoms with Crippen molar-refractivity contribution < 1.29 is 18.7 Å². The van der Waals surface area contributed by atoms with Gasteiger partial charge in [0.05, 0.1) is 12.4 Å². The molecule has 0 saturated carbocycles. The number of piperidine rings is 1. The third-order valence-electron chi connectivity index (χ3n) is 3.08. The summed E-state index contributed by atoms with van der Waals surface area (Å²) in [5.74, 6) is 0.00408. The van der Waals surface area contributed by atoms with Gasteiger partial charge < -0.3 is 14.4 Å². The van der Waals surface area contributed by atoms with Crippen LogP contribution in [0.3, 0.4) is 0 Å². The Bertz CT molecular complexity index is 494. The number of nitrogens with zero attached hydrogens (tertiary/aromatic N) is 2. The third-order valence-corrected chi connectivity index (χ3v) is 3.08. The quantitative estimate of drug-likeness (QED) is 0.842. The highest BCUT2D eigenvalue weighted by Crippen LogP contribution is 2.20. The van der Waals surface area contributed by atoms with E-state index in [2.05, 4.69) is 4.98 Å². The van der Waals surface area contributed by atoms with Gasteiger partial charge in [-0.3, -0.25) is 4.98 Å². The van der Waals surface area contributed by atoms with Crippen molar-refractivity contribution in [1.82, 2.24) is 9.88 Å². The average molecular weight is 296 g/mol. The van der Waals surface area contributed by atoms with E-state index in [9.17, 15) is 9.18 Å². The first kappa shape index (κ1) is 15.5. The summed E-state index contributed by atoms with van der Waals surface area (Å²) in [6.45, 7) is 6.68. The molecular weight excluding hydrogens is 275 g/mol. The molecule has 0 bridgehead atoms. The van der Waals surface area contributed by atoms with E-state index in [0.717, 1.165) is 6.20 Å². The van der Waals surface area contributed by atoms with Gasteiger partial charge in [-0.2, -0.15) is 0 Å². The summed E-state index contributed by atoms with van der Waals surface area (Å²) in [5, 5.41) is 0. The molecule has 0 radical (unpaired) electrons. The first-order valence-corrected chi connectivity index (χ1v) is 7.08. The van der Waals surface area contributed by atoms with Crippen LogP contribution in [0.25, 0.3) is 0 Å². The molecule has 6 heteroatoms. The van der Waals surface area contributed by atoms with Crippen LogP contribution in [0.1, 0.15) is 33.6 Å². The number of carbonyl (C=O) groups excluding carboxylic acids is 1. The first-order chi connectivity index (χ1) is 9.83. The van der Waals surface area contributed by atoms with Crippen LogP contribution in [-0.2, 0) is 4.74 Å². The number of pyridine rings is 1. The van der Waals surface area contributed by atoms with Crippen molar-refractivity contribution in [2.24, 2.45) is 0 Å². The monoisotopic (exact) mass is 296 g/mol. The lowest BCUT2D eigenvalue weighted by Gasteiger charge is -2.33. The number of hydrogen-bond acceptors (Lipinski definition) is 4. The van der Waals surface area contributed by atoms with E-state index in [0.29, 0.717) is 31.7 Å². The molecule has 0 N–H and O–H groups in total. The van der Waals surface area contributed by atoms with Crippen LogP contribution in [0.15, 0.2) is 18.5 Å². The number of likely N-dealkylation sites (tertiary alicyclic amines) is 1. The summed E-state index contributed by atoms with van der Waals surface area (Å²) in [6.07, 6.45) is 3.67. The Morgan fingerprint density at radius 1 is 1.33 bits per heavy atom. The molecule has 0 aliphatic carbocycles. The molecule has 116 valence electrons. The Kier molecular flexibility index (Phi) is 4.65. The molecule has 1 fully saturated rings. The van der Waals surface area contributed by atoms with Crippen molar-refractivity contribution in [1.29, 1.82) is 0 Å². The van der Waals surface area contributed by atoms with Crippen molar-refractivity contribution >= 4 is 6.09 Å². The van der Waals surface area contributed by atoms with Gasteiger partial charge in [-0.15, -0.1) is 0 Å². The van der Waals surface area contributed by atoms with E-state index in [1.54, 1.807) is 4.90 Å². The van der Waals surface area contributed by atoms with E-state index >= 15 is 0 Å². The van der Waals surface area contributed by atoms with E-state index in [-0.39, 0.29) is 12.2 Å². The van der Waals surface area contributed by atoms with E-state index in [1.807, 2.05) is 20.8 Å². The van der Waals surface area contributed by atoms with Gasteiger partial charge in [0.2, 0.25) is 0 Å². The lowest BCUT2D eigenvalue weighted by atomic mass is 10.1. The zero-order valence-electron chi connectivity index (χ0n) is 12.6. The molecule has 1 aromatic heterocycles. The van der Waals surface area contributed by atoms with E-state index in [4.69, 9.17) is 9.47 Å². The van der Waals surface area contributed by atoms with Crippen LogP contribution in [-0.4, -0.2) is 40.8 Å². The number of rotatable bonds is 2. The maximum atomic E-state index is 13.0. The highest BCUT2D eigenvalue weighted by molar-refractivity contribution is 5.68. The number of aromatic nitrogens is 1. The average Bonchev–Trinajstić information content (AvgIpc) is 2.37. The van der Waals surface area contributed by atoms with Crippen molar-refractivity contribution in [3.63, 3.8) is 0 Å². The summed E-state index contributed by atoms with van der Waals surface area (Å²) in [7, 11) is 0. The SMILES string of the molecule is CC(C)(C)OC(=O)N1CCC(Oc2cncc(F)c2)CC1. The number of amides is 1. The van der Waals surface area contributed by atoms with Crippen molar-refractivity contribution in [2.75, 3.05) is 13.1 Å². The van der Waals surface area contributed by atoms with Crippen molar-refractivity contribution in [3.05, 3.63) is 24.3 Å².